The van der Waals surface area contributed by atoms with Crippen LogP contribution in [0.2, 0.25) is 0 Å². The zero-order valence-corrected chi connectivity index (χ0v) is 10.4. The summed E-state index contributed by atoms with van der Waals surface area (Å²) in [5.74, 6) is -1.06. The quantitative estimate of drug-likeness (QED) is 0.607. The molecular formula is C13H9N3O4. The minimum atomic E-state index is -0.642. The smallest absolute Gasteiger partial charge is 0.437 e. The standard InChI is InChI=1S/C13H9N3O4/c1-16-10(13(18)20-15-16)7-9-12(17)19-11(14-9)8-5-3-2-4-6-8/h2-7H,1H3. The topological polar surface area (TPSA) is 90.8 Å². The fraction of sp³-hybridized carbons (Fsp3) is 0.0769. The van der Waals surface area contributed by atoms with Gasteiger partial charge in [0.2, 0.25) is 5.28 Å². The Hall–Kier alpha value is -2.96. The van der Waals surface area contributed by atoms with E-state index in [1.165, 1.54) is 17.8 Å². The molecule has 7 nitrogen and oxygen atoms in total. The summed E-state index contributed by atoms with van der Waals surface area (Å²) >= 11 is 0. The van der Waals surface area contributed by atoms with Gasteiger partial charge in [-0.2, -0.15) is 0 Å². The molecule has 0 N–H and O–H groups in total. The molecular weight excluding hydrogens is 262 g/mol. The van der Waals surface area contributed by atoms with Gasteiger partial charge < -0.3 is 9.52 Å². The van der Waals surface area contributed by atoms with E-state index < -0.39 is 11.9 Å². The second-order valence-electron chi connectivity index (χ2n) is 4.07. The molecule has 0 fully saturated rings. The highest BCUT2D eigenvalue weighted by atomic mass is 16.7. The monoisotopic (exact) mass is 271 g/mol. The molecule has 3 rings (SSSR count). The van der Waals surface area contributed by atoms with Crippen LogP contribution in [0, 0.1) is 0 Å². The minimum Gasteiger partial charge on any atom is -0.562 e. The van der Waals surface area contributed by atoms with Gasteiger partial charge in [0.05, 0.1) is 11.6 Å². The van der Waals surface area contributed by atoms with Gasteiger partial charge in [-0.05, 0) is 4.70 Å². The van der Waals surface area contributed by atoms with Gasteiger partial charge >= 0.3 is 11.7 Å². The van der Waals surface area contributed by atoms with Crippen molar-refractivity contribution in [2.45, 2.75) is 0 Å². The number of benzene rings is 1. The van der Waals surface area contributed by atoms with Crippen molar-refractivity contribution < 1.29 is 23.9 Å². The molecule has 0 bridgehead atoms. The summed E-state index contributed by atoms with van der Waals surface area (Å²) in [6, 6.07) is 9.01. The van der Waals surface area contributed by atoms with Gasteiger partial charge in [0.15, 0.2) is 7.05 Å². The fourth-order valence-corrected chi connectivity index (χ4v) is 1.72. The third-order valence-corrected chi connectivity index (χ3v) is 2.72. The van der Waals surface area contributed by atoms with Crippen LogP contribution in [0.1, 0.15) is 5.69 Å². The van der Waals surface area contributed by atoms with Gasteiger partial charge in [0.25, 0.3) is 0 Å². The van der Waals surface area contributed by atoms with Crippen molar-refractivity contribution in [1.29, 1.82) is 0 Å². The lowest BCUT2D eigenvalue weighted by molar-refractivity contribution is -0.517. The Morgan fingerprint density at radius 3 is 2.70 bits per heavy atom. The van der Waals surface area contributed by atoms with Crippen molar-refractivity contribution in [2.24, 2.45) is 5.28 Å². The predicted octanol–water partition coefficient (Wildman–Crippen LogP) is 1.32. The van der Waals surface area contributed by atoms with Crippen LogP contribution in [0.25, 0.3) is 17.5 Å². The molecule has 1 aromatic carbocycles. The summed E-state index contributed by atoms with van der Waals surface area (Å²) in [5, 5.41) is 15.2. The number of hydrogen-bond donors (Lipinski definition) is 0. The Labute approximate surface area is 113 Å². The minimum absolute atomic E-state index is 0.0275. The molecule has 20 heavy (non-hydrogen) atoms. The molecule has 0 aliphatic carbocycles. The van der Waals surface area contributed by atoms with Crippen LogP contribution in [0.5, 0.6) is 5.95 Å². The van der Waals surface area contributed by atoms with E-state index >= 15 is 0 Å². The first kappa shape index (κ1) is 12.1. The molecule has 0 unspecified atom stereocenters. The normalized spacial score (nSPS) is 16.4. The van der Waals surface area contributed by atoms with Gasteiger partial charge in [-0.3, -0.25) is 4.84 Å². The van der Waals surface area contributed by atoms with E-state index in [9.17, 15) is 9.90 Å². The van der Waals surface area contributed by atoms with Gasteiger partial charge in [-0.1, -0.05) is 30.3 Å². The first-order valence-electron chi connectivity index (χ1n) is 5.76. The van der Waals surface area contributed by atoms with E-state index in [-0.39, 0.29) is 17.3 Å². The largest absolute Gasteiger partial charge is 0.562 e. The van der Waals surface area contributed by atoms with E-state index in [0.717, 1.165) is 0 Å². The number of likely N-dealkylation sites (N-methyl/N-ethyl adjacent to an activating group) is 1. The van der Waals surface area contributed by atoms with E-state index in [2.05, 4.69) is 15.1 Å². The number of nitrogens with zero attached hydrogens (tertiary/aromatic N) is 3. The Kier molecular flexibility index (Phi) is 2.79. The Morgan fingerprint density at radius 2 is 2.05 bits per heavy atom. The molecule has 0 amide bonds. The zero-order chi connectivity index (χ0) is 14.1. The van der Waals surface area contributed by atoms with Crippen LogP contribution < -0.4 is 5.11 Å². The van der Waals surface area contributed by atoms with Crippen molar-refractivity contribution in [3.05, 3.63) is 41.7 Å². The van der Waals surface area contributed by atoms with Crippen LogP contribution >= 0.6 is 0 Å². The molecule has 2 aromatic rings. The lowest BCUT2D eigenvalue weighted by Crippen LogP contribution is -2.05. The number of aromatic nitrogens is 1. The molecule has 0 spiro atoms. The van der Waals surface area contributed by atoms with Crippen LogP contribution in [-0.2, 0) is 9.63 Å². The van der Waals surface area contributed by atoms with E-state index in [1.54, 1.807) is 12.1 Å². The second kappa shape index (κ2) is 4.61. The third kappa shape index (κ3) is 2.05. The highest BCUT2D eigenvalue weighted by Crippen LogP contribution is 2.26. The van der Waals surface area contributed by atoms with Gasteiger partial charge in [0, 0.05) is 11.6 Å². The van der Waals surface area contributed by atoms with E-state index in [0.29, 0.717) is 5.56 Å². The maximum absolute atomic E-state index is 11.7. The van der Waals surface area contributed by atoms with Crippen LogP contribution in [0.3, 0.4) is 0 Å². The number of rotatable bonds is 2. The van der Waals surface area contributed by atoms with E-state index in [4.69, 9.17) is 4.42 Å². The van der Waals surface area contributed by atoms with Gasteiger partial charge in [-0.15, -0.1) is 0 Å². The predicted molar refractivity (Wildman–Crippen MR) is 64.1 cm³/mol. The average Bonchev–Trinajstić information content (AvgIpc) is 2.98. The first-order valence-corrected chi connectivity index (χ1v) is 5.76. The molecule has 2 heterocycles. The maximum Gasteiger partial charge on any atom is 0.437 e. The Morgan fingerprint density at radius 1 is 1.30 bits per heavy atom. The molecule has 0 saturated carbocycles. The Bertz CT molecular complexity index is 731. The number of carbonyl (C=O) groups excluding carboxylic acids is 1. The molecule has 0 atom stereocenters. The Balaban J connectivity index is 2.01. The van der Waals surface area contributed by atoms with Crippen LogP contribution in [-0.4, -0.2) is 22.7 Å². The summed E-state index contributed by atoms with van der Waals surface area (Å²) in [6.07, 6.45) is 1.29. The average molecular weight is 271 g/mol. The van der Waals surface area contributed by atoms with Crippen LogP contribution in [0.4, 0.5) is 0 Å². The van der Waals surface area contributed by atoms with Gasteiger partial charge in [0.1, 0.15) is 5.89 Å². The zero-order valence-electron chi connectivity index (χ0n) is 10.4. The molecule has 1 aliphatic rings. The summed E-state index contributed by atoms with van der Waals surface area (Å²) in [5.41, 5.74) is 0.830. The molecule has 7 heteroatoms. The van der Waals surface area contributed by atoms with Crippen molar-refractivity contribution in [3.8, 4) is 17.4 Å². The molecule has 0 radical (unpaired) electrons. The molecule has 0 saturated heterocycles. The molecule has 1 aromatic heterocycles. The summed E-state index contributed by atoms with van der Waals surface area (Å²) < 4.78 is 6.29. The molecule has 1 aliphatic heterocycles. The summed E-state index contributed by atoms with van der Waals surface area (Å²) in [4.78, 5) is 19.9. The number of hydrogen-bond acceptors (Lipinski definition) is 6. The van der Waals surface area contributed by atoms with Crippen molar-refractivity contribution >= 4 is 12.0 Å². The van der Waals surface area contributed by atoms with Crippen molar-refractivity contribution in [3.63, 3.8) is 0 Å². The van der Waals surface area contributed by atoms with Crippen LogP contribution in [0.15, 0.2) is 45.7 Å². The lowest BCUT2D eigenvalue weighted by atomic mass is 10.2. The maximum atomic E-state index is 11.7. The van der Waals surface area contributed by atoms with Crippen molar-refractivity contribution in [2.75, 3.05) is 7.05 Å². The highest BCUT2D eigenvalue weighted by Gasteiger charge is 2.31. The van der Waals surface area contributed by atoms with Crippen molar-refractivity contribution in [1.82, 2.24) is 4.98 Å². The van der Waals surface area contributed by atoms with E-state index in [1.807, 2.05) is 18.2 Å². The molecule has 100 valence electrons. The third-order valence-electron chi connectivity index (χ3n) is 2.72. The summed E-state index contributed by atoms with van der Waals surface area (Å²) in [7, 11) is 1.53. The lowest BCUT2D eigenvalue weighted by Gasteiger charge is -1.98. The number of oxazole rings is 1. The number of carbonyl (C=O) groups is 1. The summed E-state index contributed by atoms with van der Waals surface area (Å²) in [6.45, 7) is 0. The SMILES string of the molecule is C[N+]1=NOC(=O)/C1=C\c1nc(-c2ccccc2)oc1[O-]. The fourth-order valence-electron chi connectivity index (χ4n) is 1.72. The first-order chi connectivity index (χ1) is 9.65. The second-order valence-corrected chi connectivity index (χ2v) is 4.07. The van der Waals surface area contributed by atoms with Gasteiger partial charge in [-0.25, -0.2) is 9.78 Å². The highest BCUT2D eigenvalue weighted by molar-refractivity contribution is 5.91.